The number of likely N-dealkylation sites (tertiary alicyclic amines) is 1. The number of alkyl halides is 2. The van der Waals surface area contributed by atoms with E-state index in [1.165, 1.54) is 24.3 Å². The Kier molecular flexibility index (Phi) is 6.02. The van der Waals surface area contributed by atoms with Gasteiger partial charge in [0, 0.05) is 24.3 Å². The van der Waals surface area contributed by atoms with Gasteiger partial charge in [-0.1, -0.05) is 30.3 Å². The molecule has 10 heteroatoms. The van der Waals surface area contributed by atoms with Gasteiger partial charge in [0.2, 0.25) is 5.91 Å². The molecule has 0 bridgehead atoms. The van der Waals surface area contributed by atoms with Crippen molar-refractivity contribution in [2.75, 3.05) is 36.4 Å². The van der Waals surface area contributed by atoms with Gasteiger partial charge in [0.1, 0.15) is 11.9 Å². The topological polar surface area (TPSA) is 87.7 Å². The number of carbonyl (C=O) groups is 2. The van der Waals surface area contributed by atoms with Crippen LogP contribution in [0.3, 0.4) is 0 Å². The van der Waals surface area contributed by atoms with Gasteiger partial charge in [-0.25, -0.2) is 0 Å². The molecule has 3 aromatic rings. The van der Waals surface area contributed by atoms with Crippen LogP contribution in [0.1, 0.15) is 5.56 Å². The highest BCUT2D eigenvalue weighted by Crippen LogP contribution is 2.32. The fourth-order valence-electron chi connectivity index (χ4n) is 4.03. The number of anilines is 2. The van der Waals surface area contributed by atoms with Crippen LogP contribution < -0.4 is 15.0 Å². The van der Waals surface area contributed by atoms with Crippen LogP contribution in [0, 0.1) is 5.92 Å². The molecule has 3 heterocycles. The minimum absolute atomic E-state index is 0.0653. The summed E-state index contributed by atoms with van der Waals surface area (Å²) in [6.07, 6.45) is 2.92. The third-order valence-electron chi connectivity index (χ3n) is 6.15. The van der Waals surface area contributed by atoms with Gasteiger partial charge >= 0.3 is 5.92 Å². The summed E-state index contributed by atoms with van der Waals surface area (Å²) >= 11 is 0. The van der Waals surface area contributed by atoms with Crippen molar-refractivity contribution < 1.29 is 23.1 Å². The normalized spacial score (nSPS) is 16.3. The van der Waals surface area contributed by atoms with Gasteiger partial charge in [-0.15, -0.1) is 0 Å². The number of hydrogen-bond donors (Lipinski definition) is 1. The third kappa shape index (κ3) is 4.77. The first kappa shape index (κ1) is 22.7. The van der Waals surface area contributed by atoms with E-state index in [1.54, 1.807) is 42.7 Å². The van der Waals surface area contributed by atoms with Crippen molar-refractivity contribution in [2.24, 2.45) is 5.92 Å². The Hall–Kier alpha value is -4.08. The van der Waals surface area contributed by atoms with Crippen molar-refractivity contribution >= 4 is 23.2 Å². The molecule has 0 aliphatic carbocycles. The first-order chi connectivity index (χ1) is 16.9. The van der Waals surface area contributed by atoms with Crippen LogP contribution in [0.15, 0.2) is 73.1 Å². The molecule has 180 valence electrons. The van der Waals surface area contributed by atoms with Crippen molar-refractivity contribution in [3.05, 3.63) is 78.6 Å². The van der Waals surface area contributed by atoms with E-state index in [1.807, 2.05) is 6.07 Å². The van der Waals surface area contributed by atoms with Crippen LogP contribution in [-0.4, -0.2) is 59.2 Å². The summed E-state index contributed by atoms with van der Waals surface area (Å²) in [7, 11) is 0. The second-order valence-electron chi connectivity index (χ2n) is 8.61. The highest BCUT2D eigenvalue weighted by atomic mass is 19.3. The lowest BCUT2D eigenvalue weighted by atomic mass is 9.98. The summed E-state index contributed by atoms with van der Waals surface area (Å²) in [5.41, 5.74) is 1.25. The molecule has 2 aliphatic rings. The lowest BCUT2D eigenvalue weighted by molar-refractivity contribution is -0.168. The predicted molar refractivity (Wildman–Crippen MR) is 124 cm³/mol. The van der Waals surface area contributed by atoms with Gasteiger partial charge in [0.25, 0.3) is 5.91 Å². The summed E-state index contributed by atoms with van der Waals surface area (Å²) < 4.78 is 34.7. The minimum atomic E-state index is -3.57. The largest absolute Gasteiger partial charge is 0.487 e. The Morgan fingerprint density at radius 2 is 1.66 bits per heavy atom. The molecular formula is C25H23F2N5O3. The zero-order valence-electron chi connectivity index (χ0n) is 18.7. The number of amides is 2. The molecule has 2 fully saturated rings. The molecule has 0 unspecified atom stereocenters. The van der Waals surface area contributed by atoms with E-state index in [-0.39, 0.29) is 36.6 Å². The number of carbonyl (C=O) groups excluding carboxylic acids is 2. The lowest BCUT2D eigenvalue weighted by Gasteiger charge is -2.40. The molecule has 2 aliphatic heterocycles. The Bertz CT molecular complexity index is 1180. The Morgan fingerprint density at radius 1 is 0.943 bits per heavy atom. The molecule has 5 rings (SSSR count). The molecule has 8 nitrogen and oxygen atoms in total. The smallest absolute Gasteiger partial charge is 0.349 e. The van der Waals surface area contributed by atoms with Crippen LogP contribution in [0.5, 0.6) is 5.75 Å². The zero-order valence-corrected chi connectivity index (χ0v) is 18.7. The summed E-state index contributed by atoms with van der Waals surface area (Å²) in [4.78, 5) is 27.9. The molecule has 2 amide bonds. The van der Waals surface area contributed by atoms with E-state index in [4.69, 9.17) is 4.74 Å². The van der Waals surface area contributed by atoms with Crippen molar-refractivity contribution in [1.29, 1.82) is 0 Å². The molecule has 1 N–H and O–H groups in total. The van der Waals surface area contributed by atoms with E-state index in [0.717, 1.165) is 10.6 Å². The number of rotatable bonds is 7. The Labute approximate surface area is 200 Å². The van der Waals surface area contributed by atoms with Crippen LogP contribution >= 0.6 is 0 Å². The molecule has 0 radical (unpaired) electrons. The van der Waals surface area contributed by atoms with Crippen molar-refractivity contribution in [3.63, 3.8) is 0 Å². The summed E-state index contributed by atoms with van der Waals surface area (Å²) in [5.74, 6) is -4.44. The Balaban J connectivity index is 1.07. The first-order valence-electron chi connectivity index (χ1n) is 11.2. The van der Waals surface area contributed by atoms with E-state index >= 15 is 0 Å². The number of nitrogens with one attached hydrogen (secondary N) is 1. The van der Waals surface area contributed by atoms with Gasteiger partial charge in [-0.05, 0) is 30.3 Å². The van der Waals surface area contributed by atoms with Gasteiger partial charge in [0.05, 0.1) is 37.1 Å². The molecule has 0 spiro atoms. The quantitative estimate of drug-likeness (QED) is 0.561. The number of aromatic nitrogens is 2. The molecule has 2 saturated heterocycles. The minimum Gasteiger partial charge on any atom is -0.487 e. The summed E-state index contributed by atoms with van der Waals surface area (Å²) in [6, 6.07) is 15.8. The predicted octanol–water partition coefficient (Wildman–Crippen LogP) is 2.93. The second kappa shape index (κ2) is 9.28. The Morgan fingerprint density at radius 3 is 2.31 bits per heavy atom. The van der Waals surface area contributed by atoms with Crippen LogP contribution in [0.2, 0.25) is 0 Å². The highest BCUT2D eigenvalue weighted by Gasteiger charge is 2.47. The molecule has 2 aromatic carbocycles. The van der Waals surface area contributed by atoms with Crippen LogP contribution in [0.4, 0.5) is 20.2 Å². The lowest BCUT2D eigenvalue weighted by Crippen LogP contribution is -2.59. The fourth-order valence-corrected chi connectivity index (χ4v) is 4.03. The zero-order chi connectivity index (χ0) is 24.4. The number of nitrogens with zero attached hydrogens (tertiary/aromatic N) is 4. The van der Waals surface area contributed by atoms with E-state index < -0.39 is 11.8 Å². The van der Waals surface area contributed by atoms with Gasteiger partial charge in [0.15, 0.2) is 0 Å². The van der Waals surface area contributed by atoms with Crippen LogP contribution in [0.25, 0.3) is 0 Å². The van der Waals surface area contributed by atoms with Crippen molar-refractivity contribution in [2.45, 2.75) is 12.0 Å². The van der Waals surface area contributed by atoms with Crippen molar-refractivity contribution in [3.8, 4) is 5.75 Å². The first-order valence-corrected chi connectivity index (χ1v) is 11.2. The SMILES string of the molecule is O=C(Nc1ccc(OC2CN(C(=O)C(F)(F)c3ccccc3)C2)cc1)C1CN(c2ccnnc2)C1. The molecule has 1 aromatic heterocycles. The standard InChI is InChI=1S/C25H23F2N5O3/c26-25(27,18-4-2-1-3-5-18)24(34)32-15-22(16-32)35-21-8-6-19(7-9-21)30-23(33)17-13-31(14-17)20-10-11-28-29-12-20/h1-12,17,22H,13-16H2,(H,30,33). The maximum absolute atomic E-state index is 14.4. The molecule has 35 heavy (non-hydrogen) atoms. The van der Waals surface area contributed by atoms with Gasteiger partial charge in [-0.2, -0.15) is 19.0 Å². The average Bonchev–Trinajstić information content (AvgIpc) is 2.82. The van der Waals surface area contributed by atoms with E-state index in [9.17, 15) is 18.4 Å². The van der Waals surface area contributed by atoms with Crippen molar-refractivity contribution in [1.82, 2.24) is 15.1 Å². The molecular weight excluding hydrogens is 456 g/mol. The maximum Gasteiger partial charge on any atom is 0.349 e. The monoisotopic (exact) mass is 479 g/mol. The van der Waals surface area contributed by atoms with E-state index in [0.29, 0.717) is 24.5 Å². The second-order valence-corrected chi connectivity index (χ2v) is 8.61. The number of benzene rings is 2. The summed E-state index contributed by atoms with van der Waals surface area (Å²) in [5, 5.41) is 10.5. The third-order valence-corrected chi connectivity index (χ3v) is 6.15. The number of hydrogen-bond acceptors (Lipinski definition) is 6. The summed E-state index contributed by atoms with van der Waals surface area (Å²) in [6.45, 7) is 1.40. The average molecular weight is 479 g/mol. The highest BCUT2D eigenvalue weighted by molar-refractivity contribution is 5.94. The number of ether oxygens (including phenoxy) is 1. The number of halogens is 2. The molecule has 0 saturated carbocycles. The van der Waals surface area contributed by atoms with Gasteiger partial charge in [-0.3, -0.25) is 9.59 Å². The van der Waals surface area contributed by atoms with Crippen LogP contribution in [-0.2, 0) is 15.5 Å². The fraction of sp³-hybridized carbons (Fsp3) is 0.280. The maximum atomic E-state index is 14.4. The van der Waals surface area contributed by atoms with Gasteiger partial charge < -0.3 is 19.9 Å². The molecule has 0 atom stereocenters. The van der Waals surface area contributed by atoms with E-state index in [2.05, 4.69) is 20.4 Å².